The highest BCUT2D eigenvalue weighted by Gasteiger charge is 2.30. The van der Waals surface area contributed by atoms with Gasteiger partial charge in [0.05, 0.1) is 4.92 Å². The lowest BCUT2D eigenvalue weighted by molar-refractivity contribution is -0.384. The van der Waals surface area contributed by atoms with Crippen LogP contribution in [0, 0.1) is 10.1 Å². The number of nitrogens with two attached hydrogens (primary N) is 3. The van der Waals surface area contributed by atoms with Crippen molar-refractivity contribution in [3.8, 4) is 0 Å². The van der Waals surface area contributed by atoms with Gasteiger partial charge in [0.15, 0.2) is 5.96 Å². The third-order valence-electron chi connectivity index (χ3n) is 7.61. The molecule has 0 aliphatic carbocycles. The van der Waals surface area contributed by atoms with Crippen LogP contribution in [0.4, 0.5) is 16.2 Å². The van der Waals surface area contributed by atoms with Crippen LogP contribution in [0.15, 0.2) is 89.9 Å². The first kappa shape index (κ1) is 39.4. The monoisotopic (exact) mass is 703 g/mol. The van der Waals surface area contributed by atoms with Gasteiger partial charge in [0.2, 0.25) is 17.7 Å². The highest BCUT2D eigenvalue weighted by atomic mass is 16.6. The standard InChI is InChI=1S/C35H45N9O7/c36-20-8-7-14-29(43-35(48)51-23-25-12-5-2-6-13-25)32(46)42-30(22-24-10-3-1-4-11-24)33(47)41-28(15-9-21-39-34(37)38)31(45)40-26-16-18-27(19-17-26)44(49)50/h1-6,10-13,16-19,28-30H,7-9,14-15,20-23,36H2,(H,40,45)(H,41,47)(H,42,46)(H,43,48)(H4,37,38,39)/t28-,29-,30-/m0/s1. The molecule has 16 heteroatoms. The van der Waals surface area contributed by atoms with Crippen molar-refractivity contribution in [3.63, 3.8) is 0 Å². The number of rotatable bonds is 20. The molecule has 10 N–H and O–H groups in total. The molecule has 51 heavy (non-hydrogen) atoms. The Morgan fingerprint density at radius 1 is 0.725 bits per heavy atom. The zero-order chi connectivity index (χ0) is 37.0. The summed E-state index contributed by atoms with van der Waals surface area (Å²) in [5.74, 6) is -2.02. The number of hydrogen-bond donors (Lipinski definition) is 7. The molecule has 0 aliphatic rings. The second-order valence-corrected chi connectivity index (χ2v) is 11.6. The molecule has 0 saturated carbocycles. The Morgan fingerprint density at radius 3 is 1.90 bits per heavy atom. The van der Waals surface area contributed by atoms with Gasteiger partial charge in [-0.2, -0.15) is 0 Å². The molecule has 3 atom stereocenters. The van der Waals surface area contributed by atoms with Crippen molar-refractivity contribution in [2.24, 2.45) is 22.2 Å². The van der Waals surface area contributed by atoms with Gasteiger partial charge in [0, 0.05) is 30.8 Å². The molecule has 0 radical (unpaired) electrons. The Hall–Kier alpha value is -6.03. The Kier molecular flexibility index (Phi) is 16.3. The number of ether oxygens (including phenoxy) is 1. The Balaban J connectivity index is 1.79. The van der Waals surface area contributed by atoms with Crippen LogP contribution in [0.25, 0.3) is 0 Å². The normalized spacial score (nSPS) is 12.3. The predicted octanol–water partition coefficient (Wildman–Crippen LogP) is 2.22. The van der Waals surface area contributed by atoms with Crippen molar-refractivity contribution in [1.82, 2.24) is 16.0 Å². The summed E-state index contributed by atoms with van der Waals surface area (Å²) in [7, 11) is 0. The minimum Gasteiger partial charge on any atom is -0.445 e. The van der Waals surface area contributed by atoms with E-state index in [2.05, 4.69) is 26.3 Å². The first-order valence-electron chi connectivity index (χ1n) is 16.5. The molecule has 3 aromatic carbocycles. The van der Waals surface area contributed by atoms with E-state index >= 15 is 0 Å². The quantitative estimate of drug-likeness (QED) is 0.0297. The van der Waals surface area contributed by atoms with Crippen LogP contribution in [0.1, 0.15) is 43.2 Å². The number of nitro benzene ring substituents is 1. The van der Waals surface area contributed by atoms with Crippen molar-refractivity contribution in [3.05, 3.63) is 106 Å². The lowest BCUT2D eigenvalue weighted by Crippen LogP contribution is -2.57. The summed E-state index contributed by atoms with van der Waals surface area (Å²) in [6.07, 6.45) is 1.03. The predicted molar refractivity (Wildman–Crippen MR) is 192 cm³/mol. The van der Waals surface area contributed by atoms with Crippen LogP contribution < -0.4 is 38.5 Å². The molecular weight excluding hydrogens is 658 g/mol. The first-order valence-corrected chi connectivity index (χ1v) is 16.5. The molecule has 16 nitrogen and oxygen atoms in total. The number of guanidine groups is 1. The molecular formula is C35H45N9O7. The number of nitro groups is 1. The number of hydrogen-bond acceptors (Lipinski definition) is 9. The summed E-state index contributed by atoms with van der Waals surface area (Å²) in [5.41, 5.74) is 18.1. The van der Waals surface area contributed by atoms with E-state index in [1.807, 2.05) is 24.3 Å². The van der Waals surface area contributed by atoms with Crippen molar-refractivity contribution in [2.45, 2.75) is 63.3 Å². The summed E-state index contributed by atoms with van der Waals surface area (Å²) >= 11 is 0. The maximum Gasteiger partial charge on any atom is 0.408 e. The van der Waals surface area contributed by atoms with Crippen LogP contribution in [-0.4, -0.2) is 65.9 Å². The number of alkyl carbamates (subject to hydrolysis) is 1. The molecule has 0 bridgehead atoms. The second kappa shape index (κ2) is 21.1. The van der Waals surface area contributed by atoms with Gasteiger partial charge in [0.25, 0.3) is 5.69 Å². The van der Waals surface area contributed by atoms with Crippen molar-refractivity contribution in [2.75, 3.05) is 18.4 Å². The fourth-order valence-electron chi connectivity index (χ4n) is 4.94. The largest absolute Gasteiger partial charge is 0.445 e. The average Bonchev–Trinajstić information content (AvgIpc) is 3.12. The number of nitrogens with one attached hydrogen (secondary N) is 4. The van der Waals surface area contributed by atoms with Gasteiger partial charge < -0.3 is 43.2 Å². The van der Waals surface area contributed by atoms with Crippen molar-refractivity contribution in [1.29, 1.82) is 0 Å². The van der Waals surface area contributed by atoms with Crippen LogP contribution in [0.5, 0.6) is 0 Å². The number of carbonyl (C=O) groups is 4. The van der Waals surface area contributed by atoms with E-state index < -0.39 is 46.9 Å². The van der Waals surface area contributed by atoms with Crippen LogP contribution in [0.2, 0.25) is 0 Å². The minimum atomic E-state index is -1.16. The van der Waals surface area contributed by atoms with Gasteiger partial charge in [0.1, 0.15) is 24.7 Å². The SMILES string of the molecule is NCCCC[C@H](NC(=O)OCc1ccccc1)C(=O)N[C@@H](Cc1ccccc1)C(=O)N[C@@H](CCCN=C(N)N)C(=O)Nc1ccc([N+](=O)[O-])cc1. The lowest BCUT2D eigenvalue weighted by Gasteiger charge is -2.25. The van der Waals surface area contributed by atoms with Gasteiger partial charge >= 0.3 is 6.09 Å². The summed E-state index contributed by atoms with van der Waals surface area (Å²) in [5, 5.41) is 21.8. The number of nitrogens with zero attached hydrogens (tertiary/aromatic N) is 2. The van der Waals surface area contributed by atoms with E-state index in [-0.39, 0.29) is 49.7 Å². The Labute approximate surface area is 295 Å². The maximum absolute atomic E-state index is 13.9. The Morgan fingerprint density at radius 2 is 1.29 bits per heavy atom. The first-order chi connectivity index (χ1) is 24.5. The van der Waals surface area contributed by atoms with Gasteiger partial charge in [-0.25, -0.2) is 4.79 Å². The molecule has 0 spiro atoms. The molecule has 0 unspecified atom stereocenters. The lowest BCUT2D eigenvalue weighted by atomic mass is 10.0. The number of non-ortho nitro benzene ring substituents is 1. The number of aliphatic imine (C=N–C) groups is 1. The van der Waals surface area contributed by atoms with E-state index in [1.165, 1.54) is 24.3 Å². The topological polar surface area (TPSA) is 259 Å². The van der Waals surface area contributed by atoms with Gasteiger partial charge in [-0.05, 0) is 61.9 Å². The van der Waals surface area contributed by atoms with Gasteiger partial charge in [-0.1, -0.05) is 60.7 Å². The highest BCUT2D eigenvalue weighted by Crippen LogP contribution is 2.16. The van der Waals surface area contributed by atoms with Crippen LogP contribution >= 0.6 is 0 Å². The molecule has 0 aromatic heterocycles. The van der Waals surface area contributed by atoms with Gasteiger partial charge in [-0.3, -0.25) is 29.5 Å². The fraction of sp³-hybridized carbons (Fsp3) is 0.343. The molecule has 0 saturated heterocycles. The number of anilines is 1. The Bertz CT molecular complexity index is 1600. The number of benzene rings is 3. The molecule has 0 heterocycles. The minimum absolute atomic E-state index is 0.00460. The molecule has 272 valence electrons. The van der Waals surface area contributed by atoms with Crippen molar-refractivity contribution >= 4 is 41.1 Å². The van der Waals surface area contributed by atoms with E-state index in [0.717, 1.165) is 11.1 Å². The van der Waals surface area contributed by atoms with E-state index in [0.29, 0.717) is 25.8 Å². The molecule has 4 amide bonds. The summed E-state index contributed by atoms with van der Waals surface area (Å²) in [6.45, 7) is 0.563. The van der Waals surface area contributed by atoms with E-state index in [4.69, 9.17) is 21.9 Å². The van der Waals surface area contributed by atoms with Gasteiger partial charge in [-0.15, -0.1) is 0 Å². The number of amides is 4. The molecule has 3 aromatic rings. The number of carbonyl (C=O) groups excluding carboxylic acids is 4. The maximum atomic E-state index is 13.9. The smallest absolute Gasteiger partial charge is 0.408 e. The third kappa shape index (κ3) is 14.5. The zero-order valence-corrected chi connectivity index (χ0v) is 28.2. The number of unbranched alkanes of at least 4 members (excludes halogenated alkanes) is 1. The fourth-order valence-corrected chi connectivity index (χ4v) is 4.94. The third-order valence-corrected chi connectivity index (χ3v) is 7.61. The summed E-state index contributed by atoms with van der Waals surface area (Å²) in [4.78, 5) is 68.2. The highest BCUT2D eigenvalue weighted by molar-refractivity contribution is 5.99. The van der Waals surface area contributed by atoms with Crippen LogP contribution in [-0.2, 0) is 32.1 Å². The molecule has 0 aliphatic heterocycles. The second-order valence-electron chi connectivity index (χ2n) is 11.6. The van der Waals surface area contributed by atoms with Crippen molar-refractivity contribution < 1.29 is 28.8 Å². The van der Waals surface area contributed by atoms with E-state index in [1.54, 1.807) is 36.4 Å². The summed E-state index contributed by atoms with van der Waals surface area (Å²) < 4.78 is 5.33. The average molecular weight is 704 g/mol. The summed E-state index contributed by atoms with van der Waals surface area (Å²) in [6, 6.07) is 19.9. The molecule has 3 rings (SSSR count). The zero-order valence-electron chi connectivity index (χ0n) is 28.2. The van der Waals surface area contributed by atoms with Crippen LogP contribution in [0.3, 0.4) is 0 Å². The molecule has 0 fully saturated rings. The van der Waals surface area contributed by atoms with E-state index in [9.17, 15) is 29.3 Å².